The summed E-state index contributed by atoms with van der Waals surface area (Å²) in [4.78, 5) is 33.3. The van der Waals surface area contributed by atoms with E-state index in [9.17, 15) is 19.7 Å². The van der Waals surface area contributed by atoms with Crippen LogP contribution >= 0.6 is 0 Å². The lowest BCUT2D eigenvalue weighted by Gasteiger charge is -2.07. The molecule has 0 bridgehead atoms. The van der Waals surface area contributed by atoms with E-state index < -0.39 is 10.9 Å². The van der Waals surface area contributed by atoms with Gasteiger partial charge in [0, 0.05) is 23.6 Å². The van der Waals surface area contributed by atoms with Crippen LogP contribution in [0.15, 0.2) is 42.5 Å². The van der Waals surface area contributed by atoms with Crippen molar-refractivity contribution in [1.29, 1.82) is 0 Å². The van der Waals surface area contributed by atoms with Gasteiger partial charge in [-0.3, -0.25) is 19.7 Å². The summed E-state index contributed by atoms with van der Waals surface area (Å²) < 4.78 is 10.7. The molecular formula is C19H19NO6. The summed E-state index contributed by atoms with van der Waals surface area (Å²) in [6.45, 7) is 3.41. The second kappa shape index (κ2) is 8.75. The second-order valence-electron chi connectivity index (χ2n) is 5.71. The van der Waals surface area contributed by atoms with Gasteiger partial charge in [-0.05, 0) is 56.7 Å². The fourth-order valence-corrected chi connectivity index (χ4v) is 2.27. The topological polar surface area (TPSA) is 95.7 Å². The molecule has 0 fully saturated rings. The Morgan fingerprint density at radius 3 is 2.31 bits per heavy atom. The zero-order valence-corrected chi connectivity index (χ0v) is 14.6. The van der Waals surface area contributed by atoms with Crippen molar-refractivity contribution in [1.82, 2.24) is 0 Å². The second-order valence-corrected chi connectivity index (χ2v) is 5.71. The number of benzene rings is 2. The van der Waals surface area contributed by atoms with E-state index in [0.29, 0.717) is 29.9 Å². The van der Waals surface area contributed by atoms with Crippen LogP contribution < -0.4 is 9.47 Å². The lowest BCUT2D eigenvalue weighted by molar-refractivity contribution is -0.385. The van der Waals surface area contributed by atoms with Crippen LogP contribution in [0.5, 0.6) is 11.5 Å². The number of hydrogen-bond acceptors (Lipinski definition) is 6. The molecule has 0 aromatic heterocycles. The van der Waals surface area contributed by atoms with Crippen LogP contribution in [0.2, 0.25) is 0 Å². The molecule has 0 aliphatic carbocycles. The Balaban J connectivity index is 1.76. The predicted octanol–water partition coefficient (Wildman–Crippen LogP) is 3.87. The number of carbonyl (C=O) groups is 2. The van der Waals surface area contributed by atoms with Crippen molar-refractivity contribution in [2.75, 3.05) is 6.61 Å². The van der Waals surface area contributed by atoms with Crippen molar-refractivity contribution in [3.8, 4) is 11.5 Å². The van der Waals surface area contributed by atoms with Gasteiger partial charge in [0.2, 0.25) is 0 Å². The number of ether oxygens (including phenoxy) is 2. The van der Waals surface area contributed by atoms with Gasteiger partial charge in [0.05, 0.1) is 11.5 Å². The minimum Gasteiger partial charge on any atom is -0.494 e. The maximum absolute atomic E-state index is 11.8. The number of carbonyl (C=O) groups excluding carboxylic acids is 2. The van der Waals surface area contributed by atoms with Crippen LogP contribution in [0, 0.1) is 17.0 Å². The zero-order valence-electron chi connectivity index (χ0n) is 14.6. The average molecular weight is 357 g/mol. The number of ketones is 1. The average Bonchev–Trinajstić information content (AvgIpc) is 2.59. The van der Waals surface area contributed by atoms with E-state index in [1.54, 1.807) is 31.2 Å². The van der Waals surface area contributed by atoms with Gasteiger partial charge in [-0.2, -0.15) is 0 Å². The molecule has 136 valence electrons. The molecule has 0 amide bonds. The molecule has 7 heteroatoms. The Labute approximate surface area is 150 Å². The number of nitro groups is 1. The molecule has 2 aromatic rings. The van der Waals surface area contributed by atoms with E-state index in [4.69, 9.17) is 9.47 Å². The van der Waals surface area contributed by atoms with Gasteiger partial charge in [0.25, 0.3) is 5.69 Å². The monoisotopic (exact) mass is 357 g/mol. The number of nitro benzene ring substituents is 1. The fourth-order valence-electron chi connectivity index (χ4n) is 2.27. The molecular weight excluding hydrogens is 338 g/mol. The first-order chi connectivity index (χ1) is 12.4. The molecule has 7 nitrogen and oxygen atoms in total. The number of esters is 1. The summed E-state index contributed by atoms with van der Waals surface area (Å²) in [6.07, 6.45) is 0.612. The highest BCUT2D eigenvalue weighted by Gasteiger charge is 2.12. The molecule has 0 saturated heterocycles. The van der Waals surface area contributed by atoms with Crippen LogP contribution in [-0.2, 0) is 4.79 Å². The number of nitrogens with zero attached hydrogens (tertiary/aromatic N) is 1. The smallest absolute Gasteiger partial charge is 0.311 e. The molecule has 26 heavy (non-hydrogen) atoms. The van der Waals surface area contributed by atoms with Gasteiger partial charge in [-0.15, -0.1) is 0 Å². The molecule has 0 atom stereocenters. The molecule has 0 radical (unpaired) electrons. The summed E-state index contributed by atoms with van der Waals surface area (Å²) >= 11 is 0. The quantitative estimate of drug-likeness (QED) is 0.178. The van der Waals surface area contributed by atoms with Gasteiger partial charge in [-0.25, -0.2) is 0 Å². The zero-order chi connectivity index (χ0) is 19.1. The summed E-state index contributed by atoms with van der Waals surface area (Å²) in [7, 11) is 0. The van der Waals surface area contributed by atoms with E-state index in [2.05, 4.69) is 0 Å². The van der Waals surface area contributed by atoms with E-state index in [1.807, 2.05) is 0 Å². The van der Waals surface area contributed by atoms with Crippen molar-refractivity contribution < 1.29 is 24.0 Å². The molecule has 2 aromatic carbocycles. The van der Waals surface area contributed by atoms with E-state index in [-0.39, 0.29) is 23.6 Å². The number of Topliss-reactive ketones (excluding diaryl/α,β-unsaturated/α-hetero) is 1. The predicted molar refractivity (Wildman–Crippen MR) is 94.6 cm³/mol. The highest BCUT2D eigenvalue weighted by molar-refractivity contribution is 5.94. The van der Waals surface area contributed by atoms with Gasteiger partial charge >= 0.3 is 5.97 Å². The third-order valence-corrected chi connectivity index (χ3v) is 3.65. The van der Waals surface area contributed by atoms with Crippen molar-refractivity contribution in [3.05, 3.63) is 63.7 Å². The van der Waals surface area contributed by atoms with E-state index >= 15 is 0 Å². The standard InChI is InChI=1S/C19H19NO6/c1-13-12-17(9-10-18(13)20(23)24)26-19(22)4-3-11-25-16-7-5-15(6-8-16)14(2)21/h5-10,12H,3-4,11H2,1-2H3. The number of rotatable bonds is 8. The van der Waals surface area contributed by atoms with E-state index in [0.717, 1.165) is 0 Å². The first-order valence-corrected chi connectivity index (χ1v) is 8.06. The summed E-state index contributed by atoms with van der Waals surface area (Å²) in [5, 5.41) is 10.8. The van der Waals surface area contributed by atoms with Crippen molar-refractivity contribution >= 4 is 17.4 Å². The summed E-state index contributed by atoms with van der Waals surface area (Å²) in [5.74, 6) is 0.447. The highest BCUT2D eigenvalue weighted by atomic mass is 16.6. The maximum Gasteiger partial charge on any atom is 0.311 e. The lowest BCUT2D eigenvalue weighted by Crippen LogP contribution is -2.10. The fraction of sp³-hybridized carbons (Fsp3) is 0.263. The van der Waals surface area contributed by atoms with E-state index in [1.165, 1.54) is 25.1 Å². The number of hydrogen-bond donors (Lipinski definition) is 0. The first kappa shape index (κ1) is 19.1. The van der Waals surface area contributed by atoms with Crippen LogP contribution in [-0.4, -0.2) is 23.3 Å². The third-order valence-electron chi connectivity index (χ3n) is 3.65. The van der Waals surface area contributed by atoms with Gasteiger partial charge in [-0.1, -0.05) is 0 Å². The SMILES string of the molecule is CC(=O)c1ccc(OCCCC(=O)Oc2ccc([N+](=O)[O-])c(C)c2)cc1. The Hall–Kier alpha value is -3.22. The Morgan fingerprint density at radius 1 is 1.08 bits per heavy atom. The summed E-state index contributed by atoms with van der Waals surface area (Å²) in [6, 6.07) is 10.9. The maximum atomic E-state index is 11.8. The van der Waals surface area contributed by atoms with Gasteiger partial charge in [0.1, 0.15) is 11.5 Å². The largest absolute Gasteiger partial charge is 0.494 e. The van der Waals surface area contributed by atoms with Crippen molar-refractivity contribution in [2.45, 2.75) is 26.7 Å². The van der Waals surface area contributed by atoms with Crippen LogP contribution in [0.3, 0.4) is 0 Å². The van der Waals surface area contributed by atoms with Crippen LogP contribution in [0.25, 0.3) is 0 Å². The first-order valence-electron chi connectivity index (χ1n) is 8.06. The summed E-state index contributed by atoms with van der Waals surface area (Å²) in [5.41, 5.74) is 1.02. The van der Waals surface area contributed by atoms with Gasteiger partial charge in [0.15, 0.2) is 5.78 Å². The Bertz CT molecular complexity index is 813. The molecule has 0 unspecified atom stereocenters. The van der Waals surface area contributed by atoms with Crippen LogP contribution in [0.4, 0.5) is 5.69 Å². The van der Waals surface area contributed by atoms with Crippen LogP contribution in [0.1, 0.15) is 35.7 Å². The third kappa shape index (κ3) is 5.41. The molecule has 0 aliphatic rings. The molecule has 0 heterocycles. The normalized spacial score (nSPS) is 10.2. The van der Waals surface area contributed by atoms with Crippen molar-refractivity contribution in [2.24, 2.45) is 0 Å². The minimum atomic E-state index is -0.485. The molecule has 0 spiro atoms. The molecule has 0 N–H and O–H groups in total. The number of aryl methyl sites for hydroxylation is 1. The molecule has 2 rings (SSSR count). The van der Waals surface area contributed by atoms with Crippen molar-refractivity contribution in [3.63, 3.8) is 0 Å². The minimum absolute atomic E-state index is 0.0132. The van der Waals surface area contributed by atoms with Gasteiger partial charge < -0.3 is 9.47 Å². The Kier molecular flexibility index (Phi) is 6.43. The Morgan fingerprint density at radius 2 is 1.73 bits per heavy atom. The highest BCUT2D eigenvalue weighted by Crippen LogP contribution is 2.23. The molecule has 0 aliphatic heterocycles. The molecule has 0 saturated carbocycles. The lowest BCUT2D eigenvalue weighted by atomic mass is 10.1.